The summed E-state index contributed by atoms with van der Waals surface area (Å²) in [5, 5.41) is 15.6. The third-order valence-corrected chi connectivity index (χ3v) is 3.57. The van der Waals surface area contributed by atoms with Crippen molar-refractivity contribution < 1.29 is 9.72 Å². The van der Waals surface area contributed by atoms with E-state index in [1.54, 1.807) is 11.7 Å². The van der Waals surface area contributed by atoms with Gasteiger partial charge in [0.1, 0.15) is 0 Å². The third-order valence-electron chi connectivity index (χ3n) is 2.49. The summed E-state index contributed by atoms with van der Waals surface area (Å²) in [5.74, 6) is 0.0216. The number of rotatable bonds is 5. The highest BCUT2D eigenvalue weighted by Crippen LogP contribution is 2.20. The van der Waals surface area contributed by atoms with E-state index in [1.807, 2.05) is 13.0 Å². The van der Waals surface area contributed by atoms with Gasteiger partial charge in [0, 0.05) is 13.1 Å². The van der Waals surface area contributed by atoms with Crippen LogP contribution in [0.4, 0.5) is 5.69 Å². The van der Waals surface area contributed by atoms with E-state index in [0.717, 1.165) is 10.7 Å². The molecule has 0 saturated carbocycles. The summed E-state index contributed by atoms with van der Waals surface area (Å²) in [6.07, 6.45) is 1.21. The van der Waals surface area contributed by atoms with Gasteiger partial charge in [-0.1, -0.05) is 11.8 Å². The Labute approximate surface area is 113 Å². The zero-order chi connectivity index (χ0) is 14.0. The van der Waals surface area contributed by atoms with Crippen molar-refractivity contribution in [2.45, 2.75) is 11.9 Å². The minimum atomic E-state index is -0.537. The molecule has 0 radical (unpaired) electrons. The van der Waals surface area contributed by atoms with Crippen LogP contribution in [0, 0.1) is 17.0 Å². The van der Waals surface area contributed by atoms with Crippen molar-refractivity contribution in [3.8, 4) is 0 Å². The molecule has 0 bridgehead atoms. The van der Waals surface area contributed by atoms with Gasteiger partial charge < -0.3 is 4.98 Å². The van der Waals surface area contributed by atoms with Crippen molar-refractivity contribution in [1.82, 2.24) is 14.8 Å². The second-order valence-electron chi connectivity index (χ2n) is 3.99. The van der Waals surface area contributed by atoms with Crippen LogP contribution in [0.2, 0.25) is 0 Å². The lowest BCUT2D eigenvalue weighted by atomic mass is 10.3. The van der Waals surface area contributed by atoms with Gasteiger partial charge >= 0.3 is 0 Å². The number of nitrogens with zero attached hydrogens (tertiary/aromatic N) is 3. The lowest BCUT2D eigenvalue weighted by Gasteiger charge is -1.99. The smallest absolute Gasteiger partial charge is 0.287 e. The van der Waals surface area contributed by atoms with E-state index in [1.165, 1.54) is 24.0 Å². The Morgan fingerprint density at radius 1 is 1.58 bits per heavy atom. The normalized spacial score (nSPS) is 10.6. The summed E-state index contributed by atoms with van der Waals surface area (Å²) in [5.41, 5.74) is 1.02. The summed E-state index contributed by atoms with van der Waals surface area (Å²) in [4.78, 5) is 24.5. The average molecular weight is 280 g/mol. The van der Waals surface area contributed by atoms with Gasteiger partial charge in [-0.25, -0.2) is 0 Å². The van der Waals surface area contributed by atoms with Gasteiger partial charge in [-0.15, -0.1) is 0 Å². The number of aromatic amines is 1. The minimum Gasteiger partial charge on any atom is -0.353 e. The highest BCUT2D eigenvalue weighted by Gasteiger charge is 2.15. The standard InChI is InChI=1S/C11H12N4O3S/c1-7-3-11(14(2)13-7)19-6-10(16)9-4-8(5-12-9)15(17)18/h3-5,12H,6H2,1-2H3. The fraction of sp³-hybridized carbons (Fsp3) is 0.273. The highest BCUT2D eigenvalue weighted by molar-refractivity contribution is 7.99. The quantitative estimate of drug-likeness (QED) is 0.391. The van der Waals surface area contributed by atoms with Crippen LogP contribution >= 0.6 is 11.8 Å². The van der Waals surface area contributed by atoms with Crippen molar-refractivity contribution in [3.05, 3.63) is 39.8 Å². The van der Waals surface area contributed by atoms with Gasteiger partial charge in [0.2, 0.25) is 0 Å². The van der Waals surface area contributed by atoms with Gasteiger partial charge in [0.15, 0.2) is 5.78 Å². The van der Waals surface area contributed by atoms with Crippen LogP contribution in [0.25, 0.3) is 0 Å². The molecule has 7 nitrogen and oxygen atoms in total. The SMILES string of the molecule is Cc1cc(SCC(=O)c2cc([N+](=O)[O-])c[nH]2)n(C)n1. The van der Waals surface area contributed by atoms with Gasteiger partial charge in [-0.3, -0.25) is 19.6 Å². The van der Waals surface area contributed by atoms with E-state index < -0.39 is 4.92 Å². The van der Waals surface area contributed by atoms with Crippen LogP contribution < -0.4 is 0 Å². The molecule has 0 aliphatic carbocycles. The van der Waals surface area contributed by atoms with E-state index in [-0.39, 0.29) is 22.9 Å². The molecule has 0 saturated heterocycles. The predicted molar refractivity (Wildman–Crippen MR) is 70.4 cm³/mol. The summed E-state index contributed by atoms with van der Waals surface area (Å²) in [6, 6.07) is 3.13. The van der Waals surface area contributed by atoms with Crippen molar-refractivity contribution in [3.63, 3.8) is 0 Å². The molecule has 0 aliphatic heterocycles. The van der Waals surface area contributed by atoms with E-state index in [2.05, 4.69) is 10.1 Å². The molecule has 0 fully saturated rings. The van der Waals surface area contributed by atoms with Crippen LogP contribution in [0.5, 0.6) is 0 Å². The van der Waals surface area contributed by atoms with Gasteiger partial charge in [-0.2, -0.15) is 5.10 Å². The Morgan fingerprint density at radius 2 is 2.32 bits per heavy atom. The Bertz CT molecular complexity index is 632. The molecule has 2 aromatic rings. The van der Waals surface area contributed by atoms with Gasteiger partial charge in [0.05, 0.1) is 33.3 Å². The Kier molecular flexibility index (Phi) is 3.70. The molecule has 0 aliphatic rings. The van der Waals surface area contributed by atoms with Gasteiger partial charge in [-0.05, 0) is 13.0 Å². The van der Waals surface area contributed by atoms with Gasteiger partial charge in [0.25, 0.3) is 5.69 Å². The lowest BCUT2D eigenvalue weighted by Crippen LogP contribution is -2.03. The van der Waals surface area contributed by atoms with Crippen molar-refractivity contribution in [2.75, 3.05) is 5.75 Å². The molecule has 0 amide bonds. The largest absolute Gasteiger partial charge is 0.353 e. The molecule has 2 aromatic heterocycles. The van der Waals surface area contributed by atoms with Crippen LogP contribution in [-0.4, -0.2) is 31.2 Å². The molecular weight excluding hydrogens is 268 g/mol. The summed E-state index contributed by atoms with van der Waals surface area (Å²) < 4.78 is 1.70. The number of ketones is 1. The maximum atomic E-state index is 11.9. The van der Waals surface area contributed by atoms with Crippen LogP contribution in [0.15, 0.2) is 23.4 Å². The molecule has 0 atom stereocenters. The number of aryl methyl sites for hydroxylation is 2. The number of nitrogens with one attached hydrogen (secondary N) is 1. The van der Waals surface area contributed by atoms with Crippen LogP contribution in [-0.2, 0) is 7.05 Å². The van der Waals surface area contributed by atoms with E-state index in [9.17, 15) is 14.9 Å². The number of H-pyrrole nitrogens is 1. The number of nitro groups is 1. The lowest BCUT2D eigenvalue weighted by molar-refractivity contribution is -0.384. The number of Topliss-reactive ketones (excluding diaryl/α,β-unsaturated/α-hetero) is 1. The van der Waals surface area contributed by atoms with Crippen molar-refractivity contribution in [2.24, 2.45) is 7.05 Å². The molecule has 19 heavy (non-hydrogen) atoms. The molecule has 0 aromatic carbocycles. The van der Waals surface area contributed by atoms with E-state index in [0.29, 0.717) is 0 Å². The molecule has 2 heterocycles. The third kappa shape index (κ3) is 3.02. The maximum absolute atomic E-state index is 11.9. The van der Waals surface area contributed by atoms with E-state index >= 15 is 0 Å². The zero-order valence-electron chi connectivity index (χ0n) is 10.4. The Morgan fingerprint density at radius 3 is 2.84 bits per heavy atom. The number of hydrogen-bond acceptors (Lipinski definition) is 5. The molecule has 8 heteroatoms. The topological polar surface area (TPSA) is 93.8 Å². The number of carbonyl (C=O) groups is 1. The molecule has 0 spiro atoms. The number of hydrogen-bond donors (Lipinski definition) is 1. The summed E-state index contributed by atoms with van der Waals surface area (Å²) in [7, 11) is 1.80. The predicted octanol–water partition coefficient (Wildman–Crippen LogP) is 1.94. The van der Waals surface area contributed by atoms with Crippen LogP contribution in [0.1, 0.15) is 16.2 Å². The second-order valence-corrected chi connectivity index (χ2v) is 4.98. The molecule has 1 N–H and O–H groups in total. The summed E-state index contributed by atoms with van der Waals surface area (Å²) >= 11 is 1.35. The van der Waals surface area contributed by atoms with Crippen molar-refractivity contribution >= 4 is 23.2 Å². The monoisotopic (exact) mass is 280 g/mol. The fourth-order valence-corrected chi connectivity index (χ4v) is 2.50. The zero-order valence-corrected chi connectivity index (χ0v) is 11.2. The molecule has 0 unspecified atom stereocenters. The number of carbonyl (C=O) groups excluding carboxylic acids is 1. The molecule has 2 rings (SSSR count). The first-order valence-corrected chi connectivity index (χ1v) is 6.45. The number of thioether (sulfide) groups is 1. The number of aromatic nitrogens is 3. The first kappa shape index (κ1) is 13.3. The molecule has 100 valence electrons. The summed E-state index contributed by atoms with van der Waals surface area (Å²) in [6.45, 7) is 1.88. The Hall–Kier alpha value is -2.09. The Balaban J connectivity index is 2.01. The first-order chi connectivity index (χ1) is 8.97. The fourth-order valence-electron chi connectivity index (χ4n) is 1.59. The molecular formula is C11H12N4O3S. The highest BCUT2D eigenvalue weighted by atomic mass is 32.2. The van der Waals surface area contributed by atoms with Crippen molar-refractivity contribution in [1.29, 1.82) is 0 Å². The van der Waals surface area contributed by atoms with E-state index in [4.69, 9.17) is 0 Å². The van der Waals surface area contributed by atoms with Crippen LogP contribution in [0.3, 0.4) is 0 Å². The first-order valence-electron chi connectivity index (χ1n) is 5.47. The average Bonchev–Trinajstić information content (AvgIpc) is 2.93. The maximum Gasteiger partial charge on any atom is 0.287 e. The second kappa shape index (κ2) is 5.27. The minimum absolute atomic E-state index is 0.107.